The van der Waals surface area contributed by atoms with E-state index in [1.165, 1.54) is 23.5 Å². The van der Waals surface area contributed by atoms with Crippen LogP contribution in [0.2, 0.25) is 20.5 Å². The van der Waals surface area contributed by atoms with Gasteiger partial charge in [0.1, 0.15) is 27.8 Å². The molecule has 19 nitrogen and oxygen atoms in total. The number of rotatable bonds is 11. The molecular formula is C50H53Cl4N19S2. The molecular weight excluding hydrogens is 1070 g/mol. The minimum absolute atomic E-state index is 0.0126. The fourth-order valence-electron chi connectivity index (χ4n) is 11.3. The lowest BCUT2D eigenvalue weighted by molar-refractivity contribution is 0.219. The Balaban J connectivity index is 0.832. The topological polar surface area (TPSA) is 227 Å². The first kappa shape index (κ1) is 50.1. The van der Waals surface area contributed by atoms with Gasteiger partial charge in [-0.05, 0) is 69.0 Å². The highest BCUT2D eigenvalue weighted by molar-refractivity contribution is 8.00. The second-order valence-corrected chi connectivity index (χ2v) is 23.4. The van der Waals surface area contributed by atoms with Gasteiger partial charge in [0, 0.05) is 152 Å². The number of aromatic nitrogens is 10. The van der Waals surface area contributed by atoms with Crippen LogP contribution < -0.4 is 47.4 Å². The standard InChI is InChI=1S/C50H53Cl4N19S2/c1-28-32(75-39-41(54)66-47(72-19-13-62-45(39)72)68-15-6-49(7-16-68)26-70(24-33(49)55)29-3-10-59-35(51)21-29)23-37(64-42(28)57)65-44-40(74-31-5-12-61-43(58-2)38(31)53)46-63-14-20-73(46)48(67-44)69-17-8-50(9-18-69)27-71(25-34(50)56)30-4-11-60-36(52)22-30/h3-5,10-14,19-23,33-34H,6-9,15-18,24-27,55-56H2,1-2H3,(H,58,61)(H3,57,64,65)/t33-,34-/m1/s1. The van der Waals surface area contributed by atoms with Gasteiger partial charge in [-0.15, -0.1) is 0 Å². The molecule has 0 aliphatic carbocycles. The van der Waals surface area contributed by atoms with Crippen LogP contribution in [0.5, 0.6) is 0 Å². The Hall–Kier alpha value is -5.78. The second-order valence-electron chi connectivity index (χ2n) is 19.8. The fourth-order valence-corrected chi connectivity index (χ4v) is 14.2. The van der Waals surface area contributed by atoms with E-state index in [4.69, 9.17) is 88.5 Å². The first-order chi connectivity index (χ1) is 36.3. The number of halogens is 4. The first-order valence-corrected chi connectivity index (χ1v) is 27.8. The quantitative estimate of drug-likeness (QED) is 0.0602. The average Bonchev–Trinajstić information content (AvgIpc) is 4.23. The molecule has 12 rings (SSSR count). The molecule has 75 heavy (non-hydrogen) atoms. The van der Waals surface area contributed by atoms with Crippen molar-refractivity contribution in [3.05, 3.63) is 106 Å². The molecule has 4 aliphatic heterocycles. The maximum Gasteiger partial charge on any atom is 0.213 e. The summed E-state index contributed by atoms with van der Waals surface area (Å²) in [6.07, 6.45) is 16.2. The van der Waals surface area contributed by atoms with Crippen LogP contribution in [0, 0.1) is 17.8 Å². The molecule has 388 valence electrons. The number of piperidine rings is 2. The minimum Gasteiger partial charge on any atom is -0.383 e. The van der Waals surface area contributed by atoms with Crippen molar-refractivity contribution in [1.82, 2.24) is 48.7 Å². The number of nitrogens with two attached hydrogens (primary N) is 3. The van der Waals surface area contributed by atoms with Crippen molar-refractivity contribution in [2.45, 2.75) is 64.3 Å². The molecule has 4 fully saturated rings. The van der Waals surface area contributed by atoms with E-state index in [0.29, 0.717) is 59.9 Å². The van der Waals surface area contributed by atoms with Crippen LogP contribution >= 0.6 is 69.9 Å². The molecule has 0 bridgehead atoms. The van der Waals surface area contributed by atoms with Crippen molar-refractivity contribution >= 4 is 128 Å². The molecule has 0 radical (unpaired) electrons. The number of nitrogen functional groups attached to an aromatic ring is 1. The number of hydrogen-bond donors (Lipinski definition) is 5. The SMILES string of the molecule is CNc1nccc(Sc2c(Nc3cc(Sc4c(Cl)nc(N5CCC6(CC5)CN(c5ccnc(Cl)c5)C[C@H]6N)n5ccnc45)c(C)c(N)n3)nc(N3CCC4(CC3)CN(c3ccnc(Cl)c3)C[C@H]4N)n3ccnc23)c1Cl. The predicted octanol–water partition coefficient (Wildman–Crippen LogP) is 8.81. The van der Waals surface area contributed by atoms with Crippen LogP contribution in [0.15, 0.2) is 99.4 Å². The van der Waals surface area contributed by atoms with Crippen molar-refractivity contribution in [3.63, 3.8) is 0 Å². The molecule has 8 N–H and O–H groups in total. The van der Waals surface area contributed by atoms with E-state index in [9.17, 15) is 0 Å². The van der Waals surface area contributed by atoms with E-state index < -0.39 is 0 Å². The zero-order chi connectivity index (χ0) is 51.8. The van der Waals surface area contributed by atoms with E-state index >= 15 is 0 Å². The molecule has 0 amide bonds. The van der Waals surface area contributed by atoms with Gasteiger partial charge in [0.2, 0.25) is 11.9 Å². The van der Waals surface area contributed by atoms with Gasteiger partial charge < -0.3 is 47.4 Å². The Labute approximate surface area is 461 Å². The number of nitrogens with zero attached hydrogens (tertiary/aromatic N) is 14. The molecule has 25 heteroatoms. The van der Waals surface area contributed by atoms with Crippen molar-refractivity contribution < 1.29 is 0 Å². The molecule has 0 unspecified atom stereocenters. The van der Waals surface area contributed by atoms with Gasteiger partial charge >= 0.3 is 0 Å². The third-order valence-electron chi connectivity index (χ3n) is 15.6. The Morgan fingerprint density at radius 3 is 1.71 bits per heavy atom. The fraction of sp³-hybridized carbons (Fsp3) is 0.360. The molecule has 4 saturated heterocycles. The maximum atomic E-state index is 7.22. The number of imidazole rings is 2. The van der Waals surface area contributed by atoms with E-state index in [2.05, 4.69) is 45.2 Å². The zero-order valence-corrected chi connectivity index (χ0v) is 45.6. The van der Waals surface area contributed by atoms with Gasteiger partial charge in [-0.25, -0.2) is 34.9 Å². The lowest BCUT2D eigenvalue weighted by atomic mass is 9.75. The number of fused-ring (bicyclic) bond motifs is 2. The second kappa shape index (κ2) is 20.0. The van der Waals surface area contributed by atoms with Crippen molar-refractivity contribution in [1.29, 1.82) is 0 Å². The molecule has 8 aromatic rings. The highest BCUT2D eigenvalue weighted by Gasteiger charge is 2.48. The van der Waals surface area contributed by atoms with Gasteiger partial charge in [-0.1, -0.05) is 69.9 Å². The number of nitrogens with one attached hydrogen (secondary N) is 2. The summed E-state index contributed by atoms with van der Waals surface area (Å²) in [5.41, 5.74) is 24.8. The number of hydrogen-bond acceptors (Lipinski definition) is 19. The first-order valence-electron chi connectivity index (χ1n) is 24.6. The van der Waals surface area contributed by atoms with Gasteiger partial charge in [-0.2, -0.15) is 4.98 Å². The molecule has 2 spiro atoms. The van der Waals surface area contributed by atoms with E-state index in [1.54, 1.807) is 38.0 Å². The van der Waals surface area contributed by atoms with Gasteiger partial charge in [-0.3, -0.25) is 8.80 Å². The van der Waals surface area contributed by atoms with Crippen LogP contribution in [0.4, 0.5) is 46.5 Å². The van der Waals surface area contributed by atoms with Crippen LogP contribution in [0.3, 0.4) is 0 Å². The normalized spacial score (nSPS) is 19.4. The van der Waals surface area contributed by atoms with E-state index in [-0.39, 0.29) is 22.9 Å². The molecule has 0 saturated carbocycles. The van der Waals surface area contributed by atoms with Crippen molar-refractivity contribution in [2.75, 3.05) is 95.4 Å². The van der Waals surface area contributed by atoms with Gasteiger partial charge in [0.15, 0.2) is 22.3 Å². The summed E-state index contributed by atoms with van der Waals surface area (Å²) >= 11 is 29.6. The van der Waals surface area contributed by atoms with Crippen molar-refractivity contribution in [2.24, 2.45) is 22.3 Å². The van der Waals surface area contributed by atoms with E-state index in [1.807, 2.05) is 64.5 Å². The van der Waals surface area contributed by atoms with Gasteiger partial charge in [0.05, 0.1) is 14.8 Å². The summed E-state index contributed by atoms with van der Waals surface area (Å²) in [6, 6.07) is 11.6. The Bertz CT molecular complexity index is 3470. The Morgan fingerprint density at radius 2 is 1.15 bits per heavy atom. The average molecular weight is 1130 g/mol. The summed E-state index contributed by atoms with van der Waals surface area (Å²) in [5.74, 6) is 3.34. The summed E-state index contributed by atoms with van der Waals surface area (Å²) in [4.78, 5) is 50.1. The molecule has 4 aliphatic rings. The number of pyridine rings is 4. The molecule has 2 atom stereocenters. The van der Waals surface area contributed by atoms with E-state index in [0.717, 1.165) is 122 Å². The smallest absolute Gasteiger partial charge is 0.213 e. The zero-order valence-electron chi connectivity index (χ0n) is 41.0. The molecule has 0 aromatic carbocycles. The highest BCUT2D eigenvalue weighted by Crippen LogP contribution is 2.48. The van der Waals surface area contributed by atoms with Crippen molar-refractivity contribution in [3.8, 4) is 0 Å². The molecule has 8 aromatic heterocycles. The van der Waals surface area contributed by atoms with Crippen LogP contribution in [0.25, 0.3) is 11.3 Å². The Morgan fingerprint density at radius 1 is 0.613 bits per heavy atom. The summed E-state index contributed by atoms with van der Waals surface area (Å²) in [7, 11) is 1.79. The Kier molecular flexibility index (Phi) is 13.3. The predicted molar refractivity (Wildman–Crippen MR) is 301 cm³/mol. The highest BCUT2D eigenvalue weighted by atomic mass is 35.5. The summed E-state index contributed by atoms with van der Waals surface area (Å²) in [5, 5.41) is 8.42. The summed E-state index contributed by atoms with van der Waals surface area (Å²) in [6.45, 7) is 8.10. The minimum atomic E-state index is -0.0835. The maximum absolute atomic E-state index is 7.22. The number of anilines is 8. The van der Waals surface area contributed by atoms with Crippen LogP contribution in [-0.4, -0.2) is 120 Å². The monoisotopic (exact) mass is 1120 g/mol. The summed E-state index contributed by atoms with van der Waals surface area (Å²) < 4.78 is 4.05. The largest absolute Gasteiger partial charge is 0.383 e. The van der Waals surface area contributed by atoms with Crippen LogP contribution in [-0.2, 0) is 0 Å². The lowest BCUT2D eigenvalue weighted by Gasteiger charge is -2.42. The van der Waals surface area contributed by atoms with Crippen LogP contribution in [0.1, 0.15) is 31.2 Å². The molecule has 12 heterocycles. The third kappa shape index (κ3) is 9.21. The van der Waals surface area contributed by atoms with Gasteiger partial charge in [0.25, 0.3) is 0 Å². The lowest BCUT2D eigenvalue weighted by Crippen LogP contribution is -2.49. The third-order valence-corrected chi connectivity index (χ3v) is 19.3.